The maximum absolute atomic E-state index is 9.57. The van der Waals surface area contributed by atoms with Crippen molar-refractivity contribution in [1.29, 1.82) is 0 Å². The van der Waals surface area contributed by atoms with Crippen molar-refractivity contribution < 1.29 is 5.11 Å². The van der Waals surface area contributed by atoms with Crippen molar-refractivity contribution in [2.24, 2.45) is 0 Å². The number of aliphatic hydroxyl groups excluding tert-OH is 1. The molecule has 0 aliphatic rings. The zero-order chi connectivity index (χ0) is 14.3. The zero-order valence-electron chi connectivity index (χ0n) is 12.4. The zero-order valence-corrected chi connectivity index (χ0v) is 12.4. The van der Waals surface area contributed by atoms with Crippen molar-refractivity contribution in [3.63, 3.8) is 0 Å². The van der Waals surface area contributed by atoms with Crippen molar-refractivity contribution in [1.82, 2.24) is 9.97 Å². The molecule has 0 saturated heterocycles. The first kappa shape index (κ1) is 15.7. The van der Waals surface area contributed by atoms with E-state index in [0.717, 1.165) is 43.1 Å². The minimum atomic E-state index is -0.245. The number of hydrogen-bond donors (Lipinski definition) is 3. The molecule has 0 spiro atoms. The number of nitrogens with zero attached hydrogens (tertiary/aromatic N) is 2. The molecule has 1 unspecified atom stereocenters. The monoisotopic (exact) mass is 266 g/mol. The van der Waals surface area contributed by atoms with Crippen LogP contribution in [0.2, 0.25) is 0 Å². The number of aliphatic hydroxyl groups is 1. The molecule has 1 aromatic heterocycles. The van der Waals surface area contributed by atoms with Gasteiger partial charge in [0.15, 0.2) is 0 Å². The fourth-order valence-electron chi connectivity index (χ4n) is 1.95. The number of aromatic nitrogens is 2. The molecule has 5 heteroatoms. The summed E-state index contributed by atoms with van der Waals surface area (Å²) in [5, 5.41) is 16.1. The molecule has 3 N–H and O–H groups in total. The number of hydrogen-bond acceptors (Lipinski definition) is 5. The Morgan fingerprint density at radius 2 is 1.79 bits per heavy atom. The summed E-state index contributed by atoms with van der Waals surface area (Å²) in [5.74, 6) is 2.10. The maximum Gasteiger partial charge on any atom is 0.134 e. The Kier molecular flexibility index (Phi) is 6.56. The molecule has 0 aromatic carbocycles. The van der Waals surface area contributed by atoms with Gasteiger partial charge in [0.2, 0.25) is 0 Å². The predicted molar refractivity (Wildman–Crippen MR) is 79.7 cm³/mol. The summed E-state index contributed by atoms with van der Waals surface area (Å²) in [6.45, 7) is 9.86. The van der Waals surface area contributed by atoms with Crippen LogP contribution in [0.3, 0.4) is 0 Å². The molecule has 5 nitrogen and oxygen atoms in total. The minimum Gasteiger partial charge on any atom is -0.393 e. The summed E-state index contributed by atoms with van der Waals surface area (Å²) in [4.78, 5) is 8.62. The lowest BCUT2D eigenvalue weighted by Crippen LogP contribution is -2.15. The fraction of sp³-hybridized carbons (Fsp3) is 0.714. The third-order valence-corrected chi connectivity index (χ3v) is 3.05. The first-order valence-electron chi connectivity index (χ1n) is 7.10. The van der Waals surface area contributed by atoms with Crippen LogP contribution < -0.4 is 10.6 Å². The Morgan fingerprint density at radius 1 is 1.16 bits per heavy atom. The molecule has 1 rings (SSSR count). The molecule has 0 aliphatic heterocycles. The summed E-state index contributed by atoms with van der Waals surface area (Å²) >= 11 is 0. The number of rotatable bonds is 8. The van der Waals surface area contributed by atoms with Gasteiger partial charge in [0.05, 0.1) is 6.10 Å². The van der Waals surface area contributed by atoms with Crippen LogP contribution in [0.15, 0.2) is 6.33 Å². The van der Waals surface area contributed by atoms with Gasteiger partial charge in [-0.3, -0.25) is 0 Å². The highest BCUT2D eigenvalue weighted by molar-refractivity contribution is 5.58. The van der Waals surface area contributed by atoms with Crippen molar-refractivity contribution in [2.75, 3.05) is 23.7 Å². The Morgan fingerprint density at radius 3 is 2.32 bits per heavy atom. The summed E-state index contributed by atoms with van der Waals surface area (Å²) < 4.78 is 0. The molecule has 0 fully saturated rings. The Balaban J connectivity index is 2.78. The molecule has 1 heterocycles. The molecule has 19 heavy (non-hydrogen) atoms. The number of anilines is 2. The molecular weight excluding hydrogens is 240 g/mol. The summed E-state index contributed by atoms with van der Waals surface area (Å²) in [6.07, 6.45) is 2.84. The van der Waals surface area contributed by atoms with Crippen molar-refractivity contribution in [3.05, 3.63) is 11.9 Å². The number of nitrogens with one attached hydrogen (secondary N) is 2. The summed E-state index contributed by atoms with van der Waals surface area (Å²) in [6, 6.07) is 0. The van der Waals surface area contributed by atoms with Crippen molar-refractivity contribution >= 4 is 11.6 Å². The van der Waals surface area contributed by atoms with Crippen LogP contribution in [0.5, 0.6) is 0 Å². The SMILES string of the molecule is CCNc1ncnc(NCCC(O)CC)c1C(C)C. The topological polar surface area (TPSA) is 70.1 Å². The van der Waals surface area contributed by atoms with Crippen LogP contribution in [-0.4, -0.2) is 34.3 Å². The van der Waals surface area contributed by atoms with Crippen LogP contribution in [0.4, 0.5) is 11.6 Å². The van der Waals surface area contributed by atoms with E-state index in [9.17, 15) is 5.11 Å². The van der Waals surface area contributed by atoms with Gasteiger partial charge in [-0.1, -0.05) is 20.8 Å². The van der Waals surface area contributed by atoms with Gasteiger partial charge in [-0.25, -0.2) is 9.97 Å². The second-order valence-corrected chi connectivity index (χ2v) is 4.95. The molecule has 0 amide bonds. The highest BCUT2D eigenvalue weighted by atomic mass is 16.3. The summed E-state index contributed by atoms with van der Waals surface area (Å²) in [5.41, 5.74) is 1.11. The van der Waals surface area contributed by atoms with Crippen molar-refractivity contribution in [2.45, 2.75) is 52.6 Å². The highest BCUT2D eigenvalue weighted by Gasteiger charge is 2.14. The molecule has 0 aliphatic carbocycles. The maximum atomic E-state index is 9.57. The van der Waals surface area contributed by atoms with E-state index in [0.29, 0.717) is 5.92 Å². The van der Waals surface area contributed by atoms with Gasteiger partial charge in [-0.05, 0) is 25.7 Å². The van der Waals surface area contributed by atoms with Gasteiger partial charge < -0.3 is 15.7 Å². The van der Waals surface area contributed by atoms with Gasteiger partial charge in [-0.2, -0.15) is 0 Å². The minimum absolute atomic E-state index is 0.245. The van der Waals surface area contributed by atoms with E-state index in [2.05, 4.69) is 41.4 Å². The van der Waals surface area contributed by atoms with Gasteiger partial charge in [-0.15, -0.1) is 0 Å². The molecule has 0 saturated carbocycles. The van der Waals surface area contributed by atoms with Crippen LogP contribution in [0.1, 0.15) is 52.0 Å². The highest BCUT2D eigenvalue weighted by Crippen LogP contribution is 2.28. The third kappa shape index (κ3) is 4.67. The Labute approximate surface area is 115 Å². The first-order valence-corrected chi connectivity index (χ1v) is 7.10. The summed E-state index contributed by atoms with van der Waals surface area (Å²) in [7, 11) is 0. The Hall–Kier alpha value is -1.36. The van der Waals surface area contributed by atoms with Crippen molar-refractivity contribution in [3.8, 4) is 0 Å². The second-order valence-electron chi connectivity index (χ2n) is 4.95. The molecule has 0 bridgehead atoms. The van der Waals surface area contributed by atoms with E-state index >= 15 is 0 Å². The molecule has 108 valence electrons. The standard InChI is InChI=1S/C14H26N4O/c1-5-11(19)7-8-16-14-12(10(3)4)13(15-6-2)17-9-18-14/h9-11,19H,5-8H2,1-4H3,(H2,15,16,17,18). The van der Waals surface area contributed by atoms with Crippen LogP contribution in [0, 0.1) is 0 Å². The lowest BCUT2D eigenvalue weighted by molar-refractivity contribution is 0.164. The molecule has 1 aromatic rings. The van der Waals surface area contributed by atoms with Crippen LogP contribution >= 0.6 is 0 Å². The van der Waals surface area contributed by atoms with E-state index in [1.807, 2.05) is 6.92 Å². The van der Waals surface area contributed by atoms with E-state index in [4.69, 9.17) is 0 Å². The van der Waals surface area contributed by atoms with Gasteiger partial charge >= 0.3 is 0 Å². The third-order valence-electron chi connectivity index (χ3n) is 3.05. The molecular formula is C14H26N4O. The first-order chi connectivity index (χ1) is 9.10. The Bertz CT molecular complexity index is 382. The molecule has 1 atom stereocenters. The van der Waals surface area contributed by atoms with Crippen LogP contribution in [0.25, 0.3) is 0 Å². The van der Waals surface area contributed by atoms with E-state index < -0.39 is 0 Å². The van der Waals surface area contributed by atoms with Gasteiger partial charge in [0.25, 0.3) is 0 Å². The van der Waals surface area contributed by atoms with Gasteiger partial charge in [0.1, 0.15) is 18.0 Å². The van der Waals surface area contributed by atoms with Crippen LogP contribution in [-0.2, 0) is 0 Å². The predicted octanol–water partition coefficient (Wildman–Crippen LogP) is 2.60. The lowest BCUT2D eigenvalue weighted by atomic mass is 10.0. The average Bonchev–Trinajstić information content (AvgIpc) is 2.38. The smallest absolute Gasteiger partial charge is 0.134 e. The quantitative estimate of drug-likeness (QED) is 0.674. The normalized spacial score (nSPS) is 12.5. The second kappa shape index (κ2) is 7.94. The average molecular weight is 266 g/mol. The largest absolute Gasteiger partial charge is 0.393 e. The van der Waals surface area contributed by atoms with E-state index in [1.54, 1.807) is 6.33 Å². The van der Waals surface area contributed by atoms with Gasteiger partial charge in [0, 0.05) is 18.7 Å². The van der Waals surface area contributed by atoms with E-state index in [-0.39, 0.29) is 6.10 Å². The fourth-order valence-corrected chi connectivity index (χ4v) is 1.95. The van der Waals surface area contributed by atoms with E-state index in [1.165, 1.54) is 0 Å². The lowest BCUT2D eigenvalue weighted by Gasteiger charge is -2.18. The molecule has 0 radical (unpaired) electrons.